The zero-order valence-corrected chi connectivity index (χ0v) is 10.4. The van der Waals surface area contributed by atoms with Crippen molar-refractivity contribution in [3.05, 3.63) is 12.2 Å². The van der Waals surface area contributed by atoms with Crippen LogP contribution in [0, 0.1) is 17.8 Å². The van der Waals surface area contributed by atoms with Crippen LogP contribution in [-0.4, -0.2) is 17.9 Å². The first-order valence-corrected chi connectivity index (χ1v) is 6.84. The van der Waals surface area contributed by atoms with Gasteiger partial charge in [-0.15, -0.1) is 0 Å². The van der Waals surface area contributed by atoms with Crippen LogP contribution in [0.2, 0.25) is 0 Å². The predicted molar refractivity (Wildman–Crippen MR) is 62.8 cm³/mol. The van der Waals surface area contributed by atoms with E-state index in [9.17, 15) is 4.79 Å². The van der Waals surface area contributed by atoms with Crippen LogP contribution in [-0.2, 0) is 9.53 Å². The van der Waals surface area contributed by atoms with E-state index in [1.165, 1.54) is 6.42 Å². The molecular weight excluding hydrogens is 256 g/mol. The van der Waals surface area contributed by atoms with Crippen LogP contribution >= 0.6 is 15.9 Å². The molecule has 0 amide bonds. The summed E-state index contributed by atoms with van der Waals surface area (Å²) in [5.74, 6) is 1.30. The monoisotopic (exact) mass is 272 g/mol. The number of rotatable bonds is 5. The highest BCUT2D eigenvalue weighted by molar-refractivity contribution is 9.09. The van der Waals surface area contributed by atoms with Gasteiger partial charge in [-0.25, -0.2) is 0 Å². The highest BCUT2D eigenvalue weighted by Crippen LogP contribution is 2.43. The Labute approximate surface area is 99.2 Å². The number of alkyl halides is 1. The molecule has 0 aromatic carbocycles. The summed E-state index contributed by atoms with van der Waals surface area (Å²) in [7, 11) is 0. The van der Waals surface area contributed by atoms with Gasteiger partial charge in [0.1, 0.15) is 0 Å². The van der Waals surface area contributed by atoms with E-state index >= 15 is 0 Å². The predicted octanol–water partition coefficient (Wildman–Crippen LogP) is 2.92. The van der Waals surface area contributed by atoms with Gasteiger partial charge in [0.15, 0.2) is 0 Å². The molecule has 0 saturated heterocycles. The summed E-state index contributed by atoms with van der Waals surface area (Å²) in [5, 5.41) is 0.988. The van der Waals surface area contributed by atoms with Crippen LogP contribution < -0.4 is 0 Å². The maximum Gasteiger partial charge on any atom is 0.309 e. The lowest BCUT2D eigenvalue weighted by molar-refractivity contribution is -0.149. The molecule has 0 radical (unpaired) electrons. The summed E-state index contributed by atoms with van der Waals surface area (Å²) in [4.78, 5) is 11.7. The average molecular weight is 273 g/mol. The van der Waals surface area contributed by atoms with Crippen molar-refractivity contribution in [2.24, 2.45) is 17.8 Å². The van der Waals surface area contributed by atoms with Gasteiger partial charge in [-0.1, -0.05) is 28.1 Å². The number of hydrogen-bond acceptors (Lipinski definition) is 2. The number of carbonyl (C=O) groups excluding carboxylic acids is 1. The minimum atomic E-state index is 0.0291. The Kier molecular flexibility index (Phi) is 3.84. The second kappa shape index (κ2) is 5.15. The van der Waals surface area contributed by atoms with Crippen molar-refractivity contribution >= 4 is 21.9 Å². The van der Waals surface area contributed by atoms with Gasteiger partial charge in [-0.3, -0.25) is 4.79 Å². The molecule has 0 aromatic heterocycles. The van der Waals surface area contributed by atoms with Crippen LogP contribution in [0.5, 0.6) is 0 Å². The highest BCUT2D eigenvalue weighted by atomic mass is 79.9. The van der Waals surface area contributed by atoms with E-state index < -0.39 is 0 Å². The molecule has 0 aromatic rings. The van der Waals surface area contributed by atoms with Crippen LogP contribution in [0.15, 0.2) is 12.2 Å². The lowest BCUT2D eigenvalue weighted by atomic mass is 9.94. The van der Waals surface area contributed by atoms with Gasteiger partial charge in [0.2, 0.25) is 0 Å². The van der Waals surface area contributed by atoms with Crippen molar-refractivity contribution in [1.29, 1.82) is 0 Å². The SMILES string of the molecule is O=C(OCCCCBr)[C@@H]1C[C@H]2C=C[C@@H]1C2. The molecule has 2 rings (SSSR count). The molecular formula is C12H17BrO2. The summed E-state index contributed by atoms with van der Waals surface area (Å²) in [6.07, 6.45) is 8.66. The Morgan fingerprint density at radius 2 is 2.20 bits per heavy atom. The van der Waals surface area contributed by atoms with Crippen LogP contribution in [0.3, 0.4) is 0 Å². The molecule has 1 saturated carbocycles. The molecule has 2 bridgehead atoms. The van der Waals surface area contributed by atoms with E-state index in [4.69, 9.17) is 4.74 Å². The third kappa shape index (κ3) is 2.63. The second-order valence-corrected chi connectivity index (χ2v) is 5.24. The first-order valence-electron chi connectivity index (χ1n) is 5.72. The molecule has 0 aliphatic heterocycles. The molecule has 84 valence electrons. The van der Waals surface area contributed by atoms with Crippen LogP contribution in [0.25, 0.3) is 0 Å². The normalized spacial score (nSPS) is 32.2. The zero-order valence-electron chi connectivity index (χ0n) is 8.82. The summed E-state index contributed by atoms with van der Waals surface area (Å²) in [6, 6.07) is 0. The third-order valence-corrected chi connectivity index (χ3v) is 3.91. The van der Waals surface area contributed by atoms with E-state index in [1.54, 1.807) is 0 Å². The minimum Gasteiger partial charge on any atom is -0.465 e. The number of unbranched alkanes of at least 4 members (excludes halogenated alkanes) is 1. The topological polar surface area (TPSA) is 26.3 Å². The van der Waals surface area contributed by atoms with Gasteiger partial charge in [-0.2, -0.15) is 0 Å². The Bertz CT molecular complexity index is 262. The van der Waals surface area contributed by atoms with E-state index in [0.717, 1.165) is 24.6 Å². The van der Waals surface area contributed by atoms with Crippen LogP contribution in [0.4, 0.5) is 0 Å². The zero-order chi connectivity index (χ0) is 10.7. The first kappa shape index (κ1) is 11.2. The number of ether oxygens (including phenoxy) is 1. The fourth-order valence-corrected chi connectivity index (χ4v) is 2.92. The Balaban J connectivity index is 1.70. The lowest BCUT2D eigenvalue weighted by Crippen LogP contribution is -2.22. The number of carbonyl (C=O) groups is 1. The largest absolute Gasteiger partial charge is 0.465 e. The molecule has 0 N–H and O–H groups in total. The van der Waals surface area contributed by atoms with Crippen molar-refractivity contribution < 1.29 is 9.53 Å². The molecule has 15 heavy (non-hydrogen) atoms. The van der Waals surface area contributed by atoms with Gasteiger partial charge in [-0.05, 0) is 37.5 Å². The quantitative estimate of drug-likeness (QED) is 0.333. The molecule has 1 fully saturated rings. The molecule has 3 atom stereocenters. The van der Waals surface area contributed by atoms with Gasteiger partial charge in [0.05, 0.1) is 12.5 Å². The number of esters is 1. The summed E-state index contributed by atoms with van der Waals surface area (Å²) < 4.78 is 5.29. The molecule has 2 aliphatic rings. The first-order chi connectivity index (χ1) is 7.31. The molecule has 3 heteroatoms. The number of fused-ring (bicyclic) bond motifs is 2. The Morgan fingerprint density at radius 3 is 2.80 bits per heavy atom. The maximum atomic E-state index is 11.7. The van der Waals surface area contributed by atoms with Crippen LogP contribution in [0.1, 0.15) is 25.7 Å². The number of allylic oxidation sites excluding steroid dienone is 2. The maximum absolute atomic E-state index is 11.7. The standard InChI is InChI=1S/C12H17BrO2/c13-5-1-2-6-15-12(14)11-8-9-3-4-10(11)7-9/h3-4,9-11H,1-2,5-8H2/t9-,10+,11+/m0/s1. The van der Waals surface area contributed by atoms with E-state index in [1.807, 2.05) is 0 Å². The molecule has 0 heterocycles. The van der Waals surface area contributed by atoms with Crippen molar-refractivity contribution in [3.8, 4) is 0 Å². The second-order valence-electron chi connectivity index (χ2n) is 4.45. The summed E-state index contributed by atoms with van der Waals surface area (Å²) >= 11 is 3.36. The lowest BCUT2D eigenvalue weighted by Gasteiger charge is -2.16. The molecule has 2 aliphatic carbocycles. The number of hydrogen-bond donors (Lipinski definition) is 0. The van der Waals surface area contributed by atoms with Gasteiger partial charge >= 0.3 is 5.97 Å². The minimum absolute atomic E-state index is 0.0291. The van der Waals surface area contributed by atoms with E-state index in [-0.39, 0.29) is 11.9 Å². The third-order valence-electron chi connectivity index (χ3n) is 3.35. The average Bonchev–Trinajstić information content (AvgIpc) is 2.85. The molecule has 2 nitrogen and oxygen atoms in total. The highest BCUT2D eigenvalue weighted by Gasteiger charge is 2.40. The van der Waals surface area contributed by atoms with Gasteiger partial charge in [0.25, 0.3) is 0 Å². The fraction of sp³-hybridized carbons (Fsp3) is 0.750. The van der Waals surface area contributed by atoms with E-state index in [2.05, 4.69) is 28.1 Å². The van der Waals surface area contributed by atoms with Crippen molar-refractivity contribution in [2.45, 2.75) is 25.7 Å². The summed E-state index contributed by atoms with van der Waals surface area (Å²) in [6.45, 7) is 0.585. The van der Waals surface area contributed by atoms with Crippen molar-refractivity contribution in [1.82, 2.24) is 0 Å². The van der Waals surface area contributed by atoms with Gasteiger partial charge in [0, 0.05) is 5.33 Å². The van der Waals surface area contributed by atoms with Gasteiger partial charge < -0.3 is 4.74 Å². The fourth-order valence-electron chi connectivity index (χ4n) is 2.53. The Hall–Kier alpha value is -0.310. The number of halogens is 1. The van der Waals surface area contributed by atoms with E-state index in [0.29, 0.717) is 18.4 Å². The van der Waals surface area contributed by atoms with Crippen molar-refractivity contribution in [2.75, 3.05) is 11.9 Å². The Morgan fingerprint density at radius 1 is 1.33 bits per heavy atom. The molecule has 0 unspecified atom stereocenters. The summed E-state index contributed by atoms with van der Waals surface area (Å²) in [5.41, 5.74) is 0. The molecule has 0 spiro atoms. The van der Waals surface area contributed by atoms with Crippen molar-refractivity contribution in [3.63, 3.8) is 0 Å². The smallest absolute Gasteiger partial charge is 0.309 e.